The van der Waals surface area contributed by atoms with Gasteiger partial charge in [0.2, 0.25) is 5.91 Å². The Kier molecular flexibility index (Phi) is 2.23. The van der Waals surface area contributed by atoms with Gasteiger partial charge in [-0.15, -0.1) is 0 Å². The first-order valence-electron chi connectivity index (χ1n) is 4.91. The average molecular weight is 190 g/mol. The number of anilines is 1. The van der Waals surface area contributed by atoms with Gasteiger partial charge in [0.15, 0.2) is 0 Å². The summed E-state index contributed by atoms with van der Waals surface area (Å²) in [6.45, 7) is 4.49. The molecule has 3 nitrogen and oxygen atoms in total. The Bertz CT molecular complexity index is 374. The molecule has 0 unspecified atom stereocenters. The molecule has 2 rings (SSSR count). The summed E-state index contributed by atoms with van der Waals surface area (Å²) in [6, 6.07) is 0. The highest BCUT2D eigenvalue weighted by Crippen LogP contribution is 2.28. The van der Waals surface area contributed by atoms with Gasteiger partial charge in [-0.05, 0) is 30.9 Å². The molecule has 0 spiro atoms. The molecule has 14 heavy (non-hydrogen) atoms. The van der Waals surface area contributed by atoms with Crippen LogP contribution >= 0.6 is 0 Å². The first-order valence-corrected chi connectivity index (χ1v) is 4.91. The molecule has 2 heterocycles. The van der Waals surface area contributed by atoms with Crippen molar-refractivity contribution in [3.05, 3.63) is 23.5 Å². The van der Waals surface area contributed by atoms with E-state index >= 15 is 0 Å². The van der Waals surface area contributed by atoms with Crippen molar-refractivity contribution in [1.29, 1.82) is 0 Å². The number of carbonyl (C=O) groups excluding carboxylic acids is 1. The summed E-state index contributed by atoms with van der Waals surface area (Å²) in [6.07, 6.45) is 5.77. The second-order valence-electron chi connectivity index (χ2n) is 3.73. The second kappa shape index (κ2) is 3.40. The van der Waals surface area contributed by atoms with E-state index in [0.29, 0.717) is 0 Å². The van der Waals surface area contributed by atoms with Crippen molar-refractivity contribution in [3.8, 4) is 0 Å². The van der Waals surface area contributed by atoms with E-state index < -0.39 is 0 Å². The molecular formula is C11H14N2O. The Morgan fingerprint density at radius 1 is 1.50 bits per heavy atom. The van der Waals surface area contributed by atoms with E-state index in [1.807, 2.05) is 11.1 Å². The standard InChI is InChI=1S/C11H14N2O/c1-8-6-12-7-11-10(8)4-3-5-13(11)9(2)14/h6-7H,3-5H2,1-2H3. The lowest BCUT2D eigenvalue weighted by Gasteiger charge is -2.28. The molecule has 0 radical (unpaired) electrons. The molecule has 0 fully saturated rings. The monoisotopic (exact) mass is 190 g/mol. The van der Waals surface area contributed by atoms with Gasteiger partial charge in [-0.1, -0.05) is 0 Å². The number of aryl methyl sites for hydroxylation is 1. The van der Waals surface area contributed by atoms with E-state index in [2.05, 4.69) is 11.9 Å². The van der Waals surface area contributed by atoms with Crippen LogP contribution in [0.3, 0.4) is 0 Å². The maximum atomic E-state index is 11.4. The number of pyridine rings is 1. The van der Waals surface area contributed by atoms with Crippen LogP contribution in [0, 0.1) is 6.92 Å². The number of carbonyl (C=O) groups is 1. The highest BCUT2D eigenvalue weighted by Gasteiger charge is 2.20. The van der Waals surface area contributed by atoms with Crippen LogP contribution in [-0.2, 0) is 11.2 Å². The summed E-state index contributed by atoms with van der Waals surface area (Å²) >= 11 is 0. The summed E-state index contributed by atoms with van der Waals surface area (Å²) in [5.74, 6) is 0.110. The zero-order valence-electron chi connectivity index (χ0n) is 8.58. The van der Waals surface area contributed by atoms with Crippen LogP contribution in [0.15, 0.2) is 12.4 Å². The molecule has 0 N–H and O–H groups in total. The molecule has 74 valence electrons. The van der Waals surface area contributed by atoms with Crippen LogP contribution in [0.4, 0.5) is 5.69 Å². The summed E-state index contributed by atoms with van der Waals surface area (Å²) in [4.78, 5) is 17.3. The predicted molar refractivity (Wildman–Crippen MR) is 55.3 cm³/mol. The fourth-order valence-corrected chi connectivity index (χ4v) is 2.00. The molecular weight excluding hydrogens is 176 g/mol. The van der Waals surface area contributed by atoms with E-state index in [1.54, 1.807) is 13.1 Å². The fourth-order valence-electron chi connectivity index (χ4n) is 2.00. The van der Waals surface area contributed by atoms with E-state index in [1.165, 1.54) is 11.1 Å². The number of nitrogens with zero attached hydrogens (tertiary/aromatic N) is 2. The Balaban J connectivity index is 2.49. The van der Waals surface area contributed by atoms with Gasteiger partial charge in [-0.2, -0.15) is 0 Å². The molecule has 0 saturated carbocycles. The molecule has 0 aliphatic carbocycles. The van der Waals surface area contributed by atoms with E-state index in [-0.39, 0.29) is 5.91 Å². The lowest BCUT2D eigenvalue weighted by molar-refractivity contribution is -0.116. The Morgan fingerprint density at radius 2 is 2.29 bits per heavy atom. The van der Waals surface area contributed by atoms with Gasteiger partial charge in [0.05, 0.1) is 11.9 Å². The van der Waals surface area contributed by atoms with Crippen molar-refractivity contribution in [2.75, 3.05) is 11.4 Å². The molecule has 1 aliphatic rings. The van der Waals surface area contributed by atoms with Crippen LogP contribution in [0.5, 0.6) is 0 Å². The first-order chi connectivity index (χ1) is 6.70. The minimum atomic E-state index is 0.110. The highest BCUT2D eigenvalue weighted by molar-refractivity contribution is 5.92. The Hall–Kier alpha value is -1.38. The van der Waals surface area contributed by atoms with Crippen LogP contribution in [0.2, 0.25) is 0 Å². The molecule has 0 saturated heterocycles. The second-order valence-corrected chi connectivity index (χ2v) is 3.73. The number of fused-ring (bicyclic) bond motifs is 1. The number of amides is 1. The highest BCUT2D eigenvalue weighted by atomic mass is 16.2. The van der Waals surface area contributed by atoms with Crippen molar-refractivity contribution >= 4 is 11.6 Å². The molecule has 1 aromatic rings. The maximum Gasteiger partial charge on any atom is 0.223 e. The minimum absolute atomic E-state index is 0.110. The number of rotatable bonds is 0. The van der Waals surface area contributed by atoms with Gasteiger partial charge in [-0.3, -0.25) is 9.78 Å². The van der Waals surface area contributed by atoms with Crippen molar-refractivity contribution in [3.63, 3.8) is 0 Å². The predicted octanol–water partition coefficient (Wildman–Crippen LogP) is 1.69. The topological polar surface area (TPSA) is 33.2 Å². The lowest BCUT2D eigenvalue weighted by Crippen LogP contribution is -2.33. The summed E-state index contributed by atoms with van der Waals surface area (Å²) in [5.41, 5.74) is 3.47. The zero-order chi connectivity index (χ0) is 10.1. The van der Waals surface area contributed by atoms with Gasteiger partial charge < -0.3 is 4.90 Å². The van der Waals surface area contributed by atoms with Crippen LogP contribution < -0.4 is 4.90 Å². The average Bonchev–Trinajstić information content (AvgIpc) is 2.17. The zero-order valence-corrected chi connectivity index (χ0v) is 8.58. The Labute approximate surface area is 83.8 Å². The molecule has 1 aromatic heterocycles. The van der Waals surface area contributed by atoms with Gasteiger partial charge in [0.1, 0.15) is 0 Å². The van der Waals surface area contributed by atoms with E-state index in [9.17, 15) is 4.79 Å². The summed E-state index contributed by atoms with van der Waals surface area (Å²) in [5, 5.41) is 0. The molecule has 0 atom stereocenters. The smallest absolute Gasteiger partial charge is 0.223 e. The van der Waals surface area contributed by atoms with E-state index in [4.69, 9.17) is 0 Å². The van der Waals surface area contributed by atoms with Crippen molar-refractivity contribution in [2.24, 2.45) is 0 Å². The molecule has 1 aliphatic heterocycles. The van der Waals surface area contributed by atoms with Crippen molar-refractivity contribution in [1.82, 2.24) is 4.98 Å². The number of hydrogen-bond donors (Lipinski definition) is 0. The number of aromatic nitrogens is 1. The first kappa shape index (κ1) is 9.19. The third-order valence-electron chi connectivity index (χ3n) is 2.73. The molecule has 0 aromatic carbocycles. The summed E-state index contributed by atoms with van der Waals surface area (Å²) < 4.78 is 0. The number of hydrogen-bond acceptors (Lipinski definition) is 2. The van der Waals surface area contributed by atoms with Crippen LogP contribution in [0.1, 0.15) is 24.5 Å². The molecule has 0 bridgehead atoms. The fraction of sp³-hybridized carbons (Fsp3) is 0.455. The van der Waals surface area contributed by atoms with Crippen molar-refractivity contribution in [2.45, 2.75) is 26.7 Å². The minimum Gasteiger partial charge on any atom is -0.311 e. The molecule has 3 heteroatoms. The van der Waals surface area contributed by atoms with Crippen molar-refractivity contribution < 1.29 is 4.79 Å². The van der Waals surface area contributed by atoms with Crippen LogP contribution in [0.25, 0.3) is 0 Å². The largest absolute Gasteiger partial charge is 0.311 e. The SMILES string of the molecule is CC(=O)N1CCCc2c(C)cncc21. The van der Waals surface area contributed by atoms with Crippen LogP contribution in [-0.4, -0.2) is 17.4 Å². The van der Waals surface area contributed by atoms with Gasteiger partial charge in [-0.25, -0.2) is 0 Å². The van der Waals surface area contributed by atoms with E-state index in [0.717, 1.165) is 25.1 Å². The maximum absolute atomic E-state index is 11.4. The quantitative estimate of drug-likeness (QED) is 0.623. The normalized spacial score (nSPS) is 15.1. The van der Waals surface area contributed by atoms with Gasteiger partial charge in [0, 0.05) is 19.7 Å². The van der Waals surface area contributed by atoms with Gasteiger partial charge >= 0.3 is 0 Å². The lowest BCUT2D eigenvalue weighted by atomic mass is 9.99. The van der Waals surface area contributed by atoms with Gasteiger partial charge in [0.25, 0.3) is 0 Å². The third-order valence-corrected chi connectivity index (χ3v) is 2.73. The Morgan fingerprint density at radius 3 is 3.00 bits per heavy atom. The third kappa shape index (κ3) is 1.39. The molecule has 1 amide bonds. The summed E-state index contributed by atoms with van der Waals surface area (Å²) in [7, 11) is 0.